The van der Waals surface area contributed by atoms with Crippen LogP contribution in [-0.2, 0) is 0 Å². The monoisotopic (exact) mass is 324 g/mol. The quantitative estimate of drug-likeness (QED) is 0.942. The van der Waals surface area contributed by atoms with Crippen LogP contribution in [0.25, 0.3) is 0 Å². The molecule has 0 fully saturated rings. The van der Waals surface area contributed by atoms with Gasteiger partial charge in [0.05, 0.1) is 12.7 Å². The average molecular weight is 325 g/mol. The Balaban J connectivity index is 2.18. The Kier molecular flexibility index (Phi) is 4.11. The lowest BCUT2D eigenvalue weighted by molar-refractivity contribution is 0.102. The molecule has 1 heterocycles. The summed E-state index contributed by atoms with van der Waals surface area (Å²) in [7, 11) is 1.43. The molecule has 0 atom stereocenters. The van der Waals surface area contributed by atoms with Crippen molar-refractivity contribution in [1.29, 1.82) is 0 Å². The van der Waals surface area contributed by atoms with Crippen LogP contribution in [0.5, 0.6) is 5.75 Å². The van der Waals surface area contributed by atoms with E-state index in [0.29, 0.717) is 11.6 Å². The van der Waals surface area contributed by atoms with Crippen LogP contribution in [0.3, 0.4) is 0 Å². The van der Waals surface area contributed by atoms with E-state index in [2.05, 4.69) is 26.2 Å². The number of rotatable bonds is 3. The number of anilines is 1. The van der Waals surface area contributed by atoms with Gasteiger partial charge in [-0.1, -0.05) is 0 Å². The van der Waals surface area contributed by atoms with Crippen molar-refractivity contribution < 1.29 is 13.9 Å². The van der Waals surface area contributed by atoms with Crippen LogP contribution in [0.4, 0.5) is 10.2 Å². The summed E-state index contributed by atoms with van der Waals surface area (Å²) >= 11 is 3.23. The third-order valence-electron chi connectivity index (χ3n) is 2.39. The molecule has 98 valence electrons. The summed E-state index contributed by atoms with van der Waals surface area (Å²) in [5.41, 5.74) is -0.0643. The molecule has 1 N–H and O–H groups in total. The highest BCUT2D eigenvalue weighted by molar-refractivity contribution is 9.10. The van der Waals surface area contributed by atoms with Gasteiger partial charge in [0.2, 0.25) is 0 Å². The molecule has 2 aromatic rings. The zero-order valence-corrected chi connectivity index (χ0v) is 11.6. The molecule has 0 aliphatic heterocycles. The first-order chi connectivity index (χ1) is 9.10. The number of amides is 1. The lowest BCUT2D eigenvalue weighted by atomic mass is 10.2. The highest BCUT2D eigenvalue weighted by Gasteiger charge is 2.13. The van der Waals surface area contributed by atoms with Gasteiger partial charge in [0.1, 0.15) is 17.4 Å². The maximum absolute atomic E-state index is 13.7. The van der Waals surface area contributed by atoms with Crippen molar-refractivity contribution >= 4 is 27.7 Å². The largest absolute Gasteiger partial charge is 0.497 e. The number of pyridine rings is 1. The van der Waals surface area contributed by atoms with E-state index >= 15 is 0 Å². The fraction of sp³-hybridized carbons (Fsp3) is 0.0769. The molecule has 0 saturated heterocycles. The van der Waals surface area contributed by atoms with E-state index in [9.17, 15) is 9.18 Å². The third-order valence-corrected chi connectivity index (χ3v) is 2.86. The number of nitrogens with one attached hydrogen (secondary N) is 1. The summed E-state index contributed by atoms with van der Waals surface area (Å²) in [5, 5.41) is 2.51. The van der Waals surface area contributed by atoms with Crippen LogP contribution in [0.15, 0.2) is 41.0 Å². The maximum atomic E-state index is 13.7. The normalized spacial score (nSPS) is 10.1. The first kappa shape index (κ1) is 13.5. The van der Waals surface area contributed by atoms with Crippen LogP contribution in [-0.4, -0.2) is 18.0 Å². The number of carbonyl (C=O) groups is 1. The minimum Gasteiger partial charge on any atom is -0.497 e. The van der Waals surface area contributed by atoms with Crippen molar-refractivity contribution in [2.24, 2.45) is 0 Å². The van der Waals surface area contributed by atoms with Gasteiger partial charge in [0, 0.05) is 16.7 Å². The fourth-order valence-corrected chi connectivity index (χ4v) is 1.67. The van der Waals surface area contributed by atoms with Crippen molar-refractivity contribution in [3.63, 3.8) is 0 Å². The van der Waals surface area contributed by atoms with Gasteiger partial charge < -0.3 is 10.1 Å². The van der Waals surface area contributed by atoms with E-state index in [1.54, 1.807) is 18.3 Å². The lowest BCUT2D eigenvalue weighted by Gasteiger charge is -2.06. The van der Waals surface area contributed by atoms with E-state index in [1.807, 2.05) is 0 Å². The molecule has 4 nitrogen and oxygen atoms in total. The number of nitrogens with zero attached hydrogens (tertiary/aromatic N) is 1. The highest BCUT2D eigenvalue weighted by atomic mass is 79.9. The number of aromatic nitrogens is 1. The van der Waals surface area contributed by atoms with E-state index in [0.717, 1.165) is 10.5 Å². The second kappa shape index (κ2) is 5.79. The second-order valence-corrected chi connectivity index (χ2v) is 4.58. The fourth-order valence-electron chi connectivity index (χ4n) is 1.44. The molecule has 2 rings (SSSR count). The van der Waals surface area contributed by atoms with Gasteiger partial charge in [-0.25, -0.2) is 9.37 Å². The Morgan fingerprint density at radius 2 is 2.16 bits per heavy atom. The lowest BCUT2D eigenvalue weighted by Crippen LogP contribution is -2.14. The minimum absolute atomic E-state index is 0.0643. The smallest absolute Gasteiger partial charge is 0.259 e. The number of methoxy groups -OCH3 is 1. The van der Waals surface area contributed by atoms with Crippen LogP contribution in [0, 0.1) is 5.82 Å². The Morgan fingerprint density at radius 1 is 1.37 bits per heavy atom. The molecule has 0 spiro atoms. The Hall–Kier alpha value is -1.95. The molecular weight excluding hydrogens is 315 g/mol. The summed E-state index contributed by atoms with van der Waals surface area (Å²) < 4.78 is 19.4. The number of benzene rings is 1. The number of ether oxygens (including phenoxy) is 1. The second-order valence-electron chi connectivity index (χ2n) is 3.66. The Morgan fingerprint density at radius 3 is 2.74 bits per heavy atom. The Labute approximate surface area is 117 Å². The van der Waals surface area contributed by atoms with Crippen molar-refractivity contribution in [3.05, 3.63) is 52.4 Å². The number of hydrogen-bond acceptors (Lipinski definition) is 3. The van der Waals surface area contributed by atoms with Gasteiger partial charge in [0.15, 0.2) is 0 Å². The molecule has 0 aliphatic carbocycles. The van der Waals surface area contributed by atoms with Crippen LogP contribution in [0.1, 0.15) is 10.4 Å². The van der Waals surface area contributed by atoms with E-state index in [-0.39, 0.29) is 5.56 Å². The molecule has 1 aromatic carbocycles. The molecule has 1 aromatic heterocycles. The van der Waals surface area contributed by atoms with E-state index < -0.39 is 11.7 Å². The highest BCUT2D eigenvalue weighted by Crippen LogP contribution is 2.17. The van der Waals surface area contributed by atoms with E-state index in [4.69, 9.17) is 4.74 Å². The van der Waals surface area contributed by atoms with Crippen LogP contribution < -0.4 is 10.1 Å². The topological polar surface area (TPSA) is 51.2 Å². The van der Waals surface area contributed by atoms with Gasteiger partial charge in [-0.05, 0) is 40.2 Å². The molecular formula is C13H10BrFN2O2. The summed E-state index contributed by atoms with van der Waals surface area (Å²) in [6, 6.07) is 7.38. The molecule has 0 saturated carbocycles. The van der Waals surface area contributed by atoms with Crippen LogP contribution in [0.2, 0.25) is 0 Å². The zero-order valence-electron chi connectivity index (χ0n) is 9.98. The molecule has 1 amide bonds. The zero-order chi connectivity index (χ0) is 13.8. The van der Waals surface area contributed by atoms with Crippen molar-refractivity contribution in [2.45, 2.75) is 0 Å². The molecule has 0 unspecified atom stereocenters. The van der Waals surface area contributed by atoms with Gasteiger partial charge >= 0.3 is 0 Å². The third kappa shape index (κ3) is 3.29. The Bertz CT molecular complexity index is 602. The van der Waals surface area contributed by atoms with Gasteiger partial charge in [0.25, 0.3) is 5.91 Å². The summed E-state index contributed by atoms with van der Waals surface area (Å²) in [4.78, 5) is 15.9. The molecule has 0 radical (unpaired) electrons. The molecule has 0 bridgehead atoms. The SMILES string of the molecule is COc1ccc(C(=O)Nc2ccc(Br)cn2)c(F)c1. The standard InChI is InChI=1S/C13H10BrFN2O2/c1-19-9-3-4-10(11(15)6-9)13(18)17-12-5-2-8(14)7-16-12/h2-7H,1H3,(H,16,17,18). The van der Waals surface area contributed by atoms with Crippen molar-refractivity contribution in [3.8, 4) is 5.75 Å². The van der Waals surface area contributed by atoms with Crippen molar-refractivity contribution in [1.82, 2.24) is 4.98 Å². The summed E-state index contributed by atoms with van der Waals surface area (Å²) in [5.74, 6) is -0.497. The van der Waals surface area contributed by atoms with Crippen molar-refractivity contribution in [2.75, 3.05) is 12.4 Å². The predicted molar refractivity (Wildman–Crippen MR) is 72.8 cm³/mol. The van der Waals surface area contributed by atoms with Crippen LogP contribution >= 0.6 is 15.9 Å². The molecule has 6 heteroatoms. The number of hydrogen-bond donors (Lipinski definition) is 1. The molecule has 19 heavy (non-hydrogen) atoms. The first-order valence-electron chi connectivity index (χ1n) is 5.36. The number of carbonyl (C=O) groups excluding carboxylic acids is 1. The summed E-state index contributed by atoms with van der Waals surface area (Å²) in [6.07, 6.45) is 1.54. The van der Waals surface area contributed by atoms with E-state index in [1.165, 1.54) is 19.2 Å². The first-order valence-corrected chi connectivity index (χ1v) is 6.16. The average Bonchev–Trinajstić information content (AvgIpc) is 2.41. The minimum atomic E-state index is -0.644. The van der Waals surface area contributed by atoms with Gasteiger partial charge in [-0.15, -0.1) is 0 Å². The van der Waals surface area contributed by atoms with Gasteiger partial charge in [-0.2, -0.15) is 0 Å². The summed E-state index contributed by atoms with van der Waals surface area (Å²) in [6.45, 7) is 0. The predicted octanol–water partition coefficient (Wildman–Crippen LogP) is 3.24. The van der Waals surface area contributed by atoms with Gasteiger partial charge in [-0.3, -0.25) is 4.79 Å². The maximum Gasteiger partial charge on any atom is 0.259 e. The molecule has 0 aliphatic rings. The number of halogens is 2.